The number of nitrogens with one attached hydrogen (secondary N) is 1. The van der Waals surface area contributed by atoms with Crippen LogP contribution in [0.1, 0.15) is 42.4 Å². The van der Waals surface area contributed by atoms with Crippen molar-refractivity contribution in [2.75, 3.05) is 5.32 Å². The van der Waals surface area contributed by atoms with E-state index in [9.17, 15) is 4.79 Å². The Morgan fingerprint density at radius 3 is 2.56 bits per heavy atom. The van der Waals surface area contributed by atoms with E-state index in [1.165, 1.54) is 17.7 Å². The van der Waals surface area contributed by atoms with Gasteiger partial charge in [0.2, 0.25) is 0 Å². The minimum atomic E-state index is -0.274. The van der Waals surface area contributed by atoms with Gasteiger partial charge < -0.3 is 0 Å². The molecule has 8 heteroatoms. The lowest BCUT2D eigenvalue weighted by molar-refractivity contribution is 0.102. The maximum Gasteiger partial charge on any atom is 0.257 e. The van der Waals surface area contributed by atoms with Crippen LogP contribution in [-0.2, 0) is 5.41 Å². The highest BCUT2D eigenvalue weighted by atomic mass is 32.1. The van der Waals surface area contributed by atoms with E-state index in [1.807, 2.05) is 6.07 Å². The molecule has 0 unspecified atom stereocenters. The summed E-state index contributed by atoms with van der Waals surface area (Å²) in [5, 5.41) is 17.1. The minimum Gasteiger partial charge on any atom is -0.298 e. The van der Waals surface area contributed by atoms with Gasteiger partial charge in [-0.2, -0.15) is 10.4 Å². The van der Waals surface area contributed by atoms with E-state index in [0.717, 1.165) is 10.7 Å². The second-order valence-electron chi connectivity index (χ2n) is 6.41. The van der Waals surface area contributed by atoms with Gasteiger partial charge >= 0.3 is 0 Å². The van der Waals surface area contributed by atoms with E-state index in [-0.39, 0.29) is 11.3 Å². The second-order valence-corrected chi connectivity index (χ2v) is 7.38. The topological polar surface area (TPSA) is 96.5 Å². The number of hydrogen-bond donors (Lipinski definition) is 1. The Hall–Kier alpha value is -3.05. The summed E-state index contributed by atoms with van der Waals surface area (Å²) in [6, 6.07) is 8.48. The number of thiazole rings is 1. The Morgan fingerprint density at radius 1 is 1.28 bits per heavy atom. The van der Waals surface area contributed by atoms with Crippen molar-refractivity contribution in [3.63, 3.8) is 0 Å². The third-order valence-electron chi connectivity index (χ3n) is 3.44. The van der Waals surface area contributed by atoms with E-state index in [2.05, 4.69) is 41.2 Å². The number of hydrogen-bond acceptors (Lipinski definition) is 6. The Morgan fingerprint density at radius 2 is 2.00 bits per heavy atom. The smallest absolute Gasteiger partial charge is 0.257 e. The Labute approximate surface area is 149 Å². The third-order valence-corrected chi connectivity index (χ3v) is 4.40. The van der Waals surface area contributed by atoms with Crippen LogP contribution in [0, 0.1) is 11.3 Å². The molecule has 0 saturated carbocycles. The summed E-state index contributed by atoms with van der Waals surface area (Å²) in [4.78, 5) is 21.0. The number of carbonyl (C=O) groups excluding carboxylic acids is 1. The number of amides is 1. The summed E-state index contributed by atoms with van der Waals surface area (Å²) in [6.45, 7) is 6.15. The minimum absolute atomic E-state index is 0.213. The highest BCUT2D eigenvalue weighted by Gasteiger charge is 2.25. The first-order valence-electron chi connectivity index (χ1n) is 7.56. The highest BCUT2D eigenvalue weighted by molar-refractivity contribution is 7.18. The molecule has 0 bridgehead atoms. The number of aromatic nitrogens is 4. The first kappa shape index (κ1) is 16.8. The quantitative estimate of drug-likeness (QED) is 0.781. The van der Waals surface area contributed by atoms with Crippen LogP contribution in [0.4, 0.5) is 5.13 Å². The third kappa shape index (κ3) is 3.56. The first-order chi connectivity index (χ1) is 11.9. The lowest BCUT2D eigenvalue weighted by Crippen LogP contribution is -2.16. The van der Waals surface area contributed by atoms with E-state index in [1.54, 1.807) is 35.3 Å². The molecule has 1 aromatic carbocycles. The van der Waals surface area contributed by atoms with Crippen LogP contribution in [0.15, 0.2) is 36.9 Å². The summed E-state index contributed by atoms with van der Waals surface area (Å²) < 4.78 is 1.65. The van der Waals surface area contributed by atoms with Crippen molar-refractivity contribution in [3.8, 4) is 11.1 Å². The molecule has 0 aliphatic heterocycles. The number of nitrogens with zero attached hydrogens (tertiary/aromatic N) is 5. The van der Waals surface area contributed by atoms with Gasteiger partial charge in [0.15, 0.2) is 5.13 Å². The van der Waals surface area contributed by atoms with Gasteiger partial charge in [-0.15, -0.1) is 0 Å². The molecule has 1 amide bonds. The van der Waals surface area contributed by atoms with Crippen LogP contribution >= 0.6 is 11.3 Å². The molecule has 0 fully saturated rings. The average Bonchev–Trinajstić information content (AvgIpc) is 3.23. The van der Waals surface area contributed by atoms with Gasteiger partial charge in [0, 0.05) is 11.0 Å². The van der Waals surface area contributed by atoms with Gasteiger partial charge in [-0.3, -0.25) is 10.1 Å². The van der Waals surface area contributed by atoms with Gasteiger partial charge in [-0.05, 0) is 24.3 Å². The fourth-order valence-corrected chi connectivity index (χ4v) is 3.29. The fourth-order valence-electron chi connectivity index (χ4n) is 2.19. The SMILES string of the molecule is CC(C)(C)c1nc(NC(=O)c2ccc(C#N)cc2)sc1-n1cncn1. The maximum atomic E-state index is 12.4. The van der Waals surface area contributed by atoms with Crippen molar-refractivity contribution in [1.29, 1.82) is 5.26 Å². The normalized spacial score (nSPS) is 11.1. The van der Waals surface area contributed by atoms with Crippen molar-refractivity contribution in [2.45, 2.75) is 26.2 Å². The molecule has 3 aromatic rings. The average molecular weight is 352 g/mol. The molecule has 2 aromatic heterocycles. The predicted octanol–water partition coefficient (Wildman–Crippen LogP) is 3.15. The molecule has 0 saturated heterocycles. The zero-order valence-electron chi connectivity index (χ0n) is 14.0. The molecule has 0 radical (unpaired) electrons. The van der Waals surface area contributed by atoms with Gasteiger partial charge in [0.05, 0.1) is 17.3 Å². The molecule has 2 heterocycles. The van der Waals surface area contributed by atoms with Crippen molar-refractivity contribution >= 4 is 22.4 Å². The molecule has 1 N–H and O–H groups in total. The number of anilines is 1. The molecule has 0 aliphatic rings. The van der Waals surface area contributed by atoms with Crippen molar-refractivity contribution in [2.24, 2.45) is 0 Å². The number of rotatable bonds is 3. The maximum absolute atomic E-state index is 12.4. The van der Waals surface area contributed by atoms with Crippen LogP contribution in [0.2, 0.25) is 0 Å². The monoisotopic (exact) mass is 352 g/mol. The molecule has 126 valence electrons. The first-order valence-corrected chi connectivity index (χ1v) is 8.38. The van der Waals surface area contributed by atoms with Gasteiger partial charge in [-0.1, -0.05) is 32.1 Å². The van der Waals surface area contributed by atoms with E-state index >= 15 is 0 Å². The van der Waals surface area contributed by atoms with Crippen molar-refractivity contribution < 1.29 is 4.79 Å². The molecular weight excluding hydrogens is 336 g/mol. The summed E-state index contributed by atoms with van der Waals surface area (Å²) >= 11 is 1.34. The van der Waals surface area contributed by atoms with E-state index in [4.69, 9.17) is 5.26 Å². The largest absolute Gasteiger partial charge is 0.298 e. The molecule has 3 rings (SSSR count). The molecular formula is C17H16N6OS. The summed E-state index contributed by atoms with van der Waals surface area (Å²) in [6.07, 6.45) is 3.07. The second kappa shape index (κ2) is 6.45. The summed E-state index contributed by atoms with van der Waals surface area (Å²) in [5.41, 5.74) is 1.59. The van der Waals surface area contributed by atoms with Crippen LogP contribution in [0.3, 0.4) is 0 Å². The zero-order valence-corrected chi connectivity index (χ0v) is 14.8. The number of carbonyl (C=O) groups is 1. The molecule has 25 heavy (non-hydrogen) atoms. The lowest BCUT2D eigenvalue weighted by atomic mass is 9.92. The summed E-state index contributed by atoms with van der Waals surface area (Å²) in [7, 11) is 0. The van der Waals surface area contributed by atoms with Crippen molar-refractivity contribution in [1.82, 2.24) is 19.7 Å². The van der Waals surface area contributed by atoms with E-state index in [0.29, 0.717) is 16.3 Å². The standard InChI is InChI=1S/C17H16N6OS/c1-17(2,3)13-15(23-10-19-9-20-23)25-16(21-13)22-14(24)12-6-4-11(8-18)5-7-12/h4-7,9-10H,1-3H3,(H,21,22,24). The molecule has 7 nitrogen and oxygen atoms in total. The summed E-state index contributed by atoms with van der Waals surface area (Å²) in [5.74, 6) is -0.274. The Bertz CT molecular complexity index is 929. The molecule has 0 aliphatic carbocycles. The van der Waals surface area contributed by atoms with Gasteiger partial charge in [-0.25, -0.2) is 14.6 Å². The van der Waals surface area contributed by atoms with Crippen LogP contribution in [0.25, 0.3) is 5.00 Å². The molecule has 0 atom stereocenters. The lowest BCUT2D eigenvalue weighted by Gasteiger charge is -2.16. The Kier molecular flexibility index (Phi) is 4.33. The predicted molar refractivity (Wildman–Crippen MR) is 94.8 cm³/mol. The fraction of sp³-hybridized carbons (Fsp3) is 0.235. The molecule has 0 spiro atoms. The highest BCUT2D eigenvalue weighted by Crippen LogP contribution is 2.34. The van der Waals surface area contributed by atoms with Gasteiger partial charge in [0.25, 0.3) is 5.91 Å². The Balaban J connectivity index is 1.90. The zero-order chi connectivity index (χ0) is 18.0. The van der Waals surface area contributed by atoms with Gasteiger partial charge in [0.1, 0.15) is 17.7 Å². The number of nitriles is 1. The van der Waals surface area contributed by atoms with Crippen molar-refractivity contribution in [3.05, 3.63) is 53.7 Å². The van der Waals surface area contributed by atoms with Crippen LogP contribution < -0.4 is 5.32 Å². The van der Waals surface area contributed by atoms with Crippen LogP contribution in [0.5, 0.6) is 0 Å². The van der Waals surface area contributed by atoms with Crippen LogP contribution in [-0.4, -0.2) is 25.7 Å². The number of benzene rings is 1. The van der Waals surface area contributed by atoms with E-state index < -0.39 is 0 Å².